The first-order valence-corrected chi connectivity index (χ1v) is 11.6. The van der Waals surface area contributed by atoms with Crippen LogP contribution in [-0.4, -0.2) is 63.9 Å². The van der Waals surface area contributed by atoms with Crippen molar-refractivity contribution in [3.8, 4) is 11.4 Å². The fourth-order valence-corrected chi connectivity index (χ4v) is 4.52. The van der Waals surface area contributed by atoms with E-state index in [2.05, 4.69) is 20.0 Å². The van der Waals surface area contributed by atoms with Gasteiger partial charge < -0.3 is 10.0 Å². The molecule has 1 aromatic carbocycles. The number of aliphatic hydroxyl groups excluding tert-OH is 1. The Morgan fingerprint density at radius 3 is 2.67 bits per heavy atom. The van der Waals surface area contributed by atoms with Gasteiger partial charge in [0, 0.05) is 36.2 Å². The molecule has 1 fully saturated rings. The third kappa shape index (κ3) is 4.74. The number of amides is 1. The molecular weight excluding hydrogens is 473 g/mol. The number of nitrogens with zero attached hydrogens (tertiary/aromatic N) is 5. The number of aliphatic hydroxyl groups is 1. The lowest BCUT2D eigenvalue weighted by Gasteiger charge is -2.32. The molecular formula is C25H24F3N6O2+. The molecule has 36 heavy (non-hydrogen) atoms. The molecule has 2 aliphatic rings. The molecule has 186 valence electrons. The van der Waals surface area contributed by atoms with Gasteiger partial charge in [0.05, 0.1) is 13.1 Å². The first kappa shape index (κ1) is 23.7. The summed E-state index contributed by atoms with van der Waals surface area (Å²) in [5.41, 5.74) is 2.29. The van der Waals surface area contributed by atoms with E-state index in [9.17, 15) is 18.0 Å². The van der Waals surface area contributed by atoms with Gasteiger partial charge in [-0.15, -0.1) is 0 Å². The summed E-state index contributed by atoms with van der Waals surface area (Å²) in [7, 11) is 0. The van der Waals surface area contributed by atoms with Crippen LogP contribution in [0.1, 0.15) is 12.0 Å². The molecule has 3 heterocycles. The molecule has 5 rings (SSSR count). The maximum absolute atomic E-state index is 14.6. The van der Waals surface area contributed by atoms with Crippen LogP contribution in [0.2, 0.25) is 0 Å². The summed E-state index contributed by atoms with van der Waals surface area (Å²) in [6.45, 7) is 1.90. The number of allylic oxidation sites excluding steroid dienone is 4. The molecule has 0 radical (unpaired) electrons. The predicted octanol–water partition coefficient (Wildman–Crippen LogP) is 2.92. The number of H-pyrrole nitrogens is 1. The summed E-state index contributed by atoms with van der Waals surface area (Å²) in [6.07, 6.45) is 6.65. The second-order valence-electron chi connectivity index (χ2n) is 8.61. The molecule has 8 nitrogen and oxygen atoms in total. The van der Waals surface area contributed by atoms with E-state index in [1.54, 1.807) is 17.0 Å². The number of halogens is 3. The van der Waals surface area contributed by atoms with Gasteiger partial charge in [0.1, 0.15) is 24.6 Å². The van der Waals surface area contributed by atoms with E-state index in [0.29, 0.717) is 38.2 Å². The Bertz CT molecular complexity index is 1330. The molecule has 0 bridgehead atoms. The Balaban J connectivity index is 1.29. The number of aromatic amines is 1. The number of anilines is 1. The number of nitrogens with one attached hydrogen (secondary N) is 1. The lowest BCUT2D eigenvalue weighted by atomic mass is 10.0. The maximum atomic E-state index is 14.6. The standard InChI is InChI=1S/C25H23F3N6O2/c26-20-4-3-18(14-19(20)17-2-1-16(13-17)6-12-35)32-8-10-33(11-9-32)25(36)34-22(5-7-29-34)21-15-23(27)31-24(28)30-21/h1-5,7,13-16,35H,6,8-12H2/p+1. The summed E-state index contributed by atoms with van der Waals surface area (Å²) in [5, 5.41) is 11.9. The van der Waals surface area contributed by atoms with Gasteiger partial charge in [-0.25, -0.2) is 14.4 Å². The van der Waals surface area contributed by atoms with Gasteiger partial charge >= 0.3 is 12.1 Å². The third-order valence-electron chi connectivity index (χ3n) is 6.36. The zero-order chi connectivity index (χ0) is 25.2. The van der Waals surface area contributed by atoms with Gasteiger partial charge in [0.15, 0.2) is 5.69 Å². The number of hydrogen-bond acceptors (Lipinski definition) is 5. The minimum atomic E-state index is -1.22. The number of aromatic nitrogens is 4. The van der Waals surface area contributed by atoms with Crippen molar-refractivity contribution in [3.05, 3.63) is 78.2 Å². The van der Waals surface area contributed by atoms with E-state index in [4.69, 9.17) is 5.11 Å². The SMILES string of the molecule is O=C(N1CCN(c2ccc(F)c(C3=CC(CCO)C=C3)c2)CC1)[n+]1[nH]ccc1-c1cc(F)nc(F)n1. The molecule has 3 aromatic rings. The van der Waals surface area contributed by atoms with Crippen molar-refractivity contribution in [2.45, 2.75) is 6.42 Å². The molecule has 1 amide bonds. The van der Waals surface area contributed by atoms with Crippen molar-refractivity contribution < 1.29 is 27.8 Å². The van der Waals surface area contributed by atoms with Crippen LogP contribution in [0.25, 0.3) is 17.0 Å². The van der Waals surface area contributed by atoms with Crippen LogP contribution in [0.4, 0.5) is 23.7 Å². The van der Waals surface area contributed by atoms with Crippen molar-refractivity contribution in [1.82, 2.24) is 20.0 Å². The second kappa shape index (κ2) is 9.94. The fourth-order valence-electron chi connectivity index (χ4n) is 4.52. The van der Waals surface area contributed by atoms with Crippen molar-refractivity contribution in [2.75, 3.05) is 37.7 Å². The van der Waals surface area contributed by atoms with E-state index in [1.165, 1.54) is 23.0 Å². The van der Waals surface area contributed by atoms with Gasteiger partial charge in [0.2, 0.25) is 5.95 Å². The van der Waals surface area contributed by atoms with Crippen LogP contribution >= 0.6 is 0 Å². The van der Waals surface area contributed by atoms with E-state index >= 15 is 0 Å². The normalized spacial score (nSPS) is 17.6. The summed E-state index contributed by atoms with van der Waals surface area (Å²) in [5.74, 6) is -1.26. The highest BCUT2D eigenvalue weighted by Gasteiger charge is 2.33. The number of hydrogen-bond donors (Lipinski definition) is 2. The molecule has 2 N–H and O–H groups in total. The minimum absolute atomic E-state index is 0.0522. The number of carbonyl (C=O) groups is 1. The third-order valence-corrected chi connectivity index (χ3v) is 6.36. The molecule has 1 unspecified atom stereocenters. The quantitative estimate of drug-likeness (QED) is 0.322. The van der Waals surface area contributed by atoms with E-state index < -0.39 is 12.0 Å². The Labute approximate surface area is 205 Å². The lowest BCUT2D eigenvalue weighted by molar-refractivity contribution is -0.626. The molecule has 11 heteroatoms. The Morgan fingerprint density at radius 1 is 1.11 bits per heavy atom. The average Bonchev–Trinajstić information content (AvgIpc) is 3.54. The van der Waals surface area contributed by atoms with E-state index in [0.717, 1.165) is 17.3 Å². The summed E-state index contributed by atoms with van der Waals surface area (Å²) >= 11 is 0. The van der Waals surface area contributed by atoms with Gasteiger partial charge in [-0.3, -0.25) is 0 Å². The second-order valence-corrected chi connectivity index (χ2v) is 8.61. The Kier molecular flexibility index (Phi) is 6.55. The van der Waals surface area contributed by atoms with Gasteiger partial charge in [-0.05, 0) is 36.1 Å². The van der Waals surface area contributed by atoms with E-state index in [-0.39, 0.29) is 35.8 Å². The first-order valence-electron chi connectivity index (χ1n) is 11.6. The zero-order valence-electron chi connectivity index (χ0n) is 19.2. The van der Waals surface area contributed by atoms with Crippen molar-refractivity contribution in [3.63, 3.8) is 0 Å². The summed E-state index contributed by atoms with van der Waals surface area (Å²) in [4.78, 5) is 23.4. The zero-order valence-corrected chi connectivity index (χ0v) is 19.2. The van der Waals surface area contributed by atoms with Gasteiger partial charge in [-0.1, -0.05) is 22.9 Å². The van der Waals surface area contributed by atoms with Crippen molar-refractivity contribution >= 4 is 17.3 Å². The van der Waals surface area contributed by atoms with Crippen LogP contribution in [0.5, 0.6) is 0 Å². The molecule has 1 saturated heterocycles. The Morgan fingerprint density at radius 2 is 1.92 bits per heavy atom. The predicted molar refractivity (Wildman–Crippen MR) is 125 cm³/mol. The van der Waals surface area contributed by atoms with E-state index in [1.807, 2.05) is 18.2 Å². The number of benzene rings is 1. The molecule has 0 spiro atoms. The number of rotatable bonds is 5. The maximum Gasteiger partial charge on any atom is 0.517 e. The first-order chi connectivity index (χ1) is 17.4. The lowest BCUT2D eigenvalue weighted by Crippen LogP contribution is -2.59. The fraction of sp³-hybridized carbons (Fsp3) is 0.280. The highest BCUT2D eigenvalue weighted by atomic mass is 19.1. The van der Waals surface area contributed by atoms with Crippen LogP contribution in [0.15, 0.2) is 54.8 Å². The number of carbonyl (C=O) groups excluding carboxylic acids is 1. The number of piperazine rings is 1. The monoisotopic (exact) mass is 497 g/mol. The molecule has 1 aliphatic carbocycles. The summed E-state index contributed by atoms with van der Waals surface area (Å²) in [6, 6.07) is 7.05. The van der Waals surface area contributed by atoms with Crippen LogP contribution in [0, 0.1) is 23.8 Å². The largest absolute Gasteiger partial charge is 0.517 e. The molecule has 0 saturated carbocycles. The van der Waals surface area contributed by atoms with Crippen molar-refractivity contribution in [2.24, 2.45) is 5.92 Å². The smallest absolute Gasteiger partial charge is 0.396 e. The van der Waals surface area contributed by atoms with Crippen molar-refractivity contribution in [1.29, 1.82) is 0 Å². The highest BCUT2D eigenvalue weighted by Crippen LogP contribution is 2.31. The van der Waals surface area contributed by atoms with Crippen LogP contribution < -0.4 is 9.58 Å². The highest BCUT2D eigenvalue weighted by molar-refractivity contribution is 5.79. The molecule has 2 aromatic heterocycles. The molecule has 1 atom stereocenters. The van der Waals surface area contributed by atoms with Gasteiger partial charge in [0.25, 0.3) is 0 Å². The minimum Gasteiger partial charge on any atom is -0.396 e. The van der Waals surface area contributed by atoms with Crippen LogP contribution in [0.3, 0.4) is 0 Å². The average molecular weight is 498 g/mol. The molecule has 1 aliphatic heterocycles. The Hall–Kier alpha value is -3.99. The van der Waals surface area contributed by atoms with Gasteiger partial charge in [-0.2, -0.15) is 23.5 Å². The topological polar surface area (TPSA) is 89.2 Å². The summed E-state index contributed by atoms with van der Waals surface area (Å²) < 4.78 is 42.8. The van der Waals surface area contributed by atoms with Crippen LogP contribution in [-0.2, 0) is 0 Å².